The Kier molecular flexibility index (Phi) is 86.1. The van der Waals surface area contributed by atoms with Gasteiger partial charge in [0.1, 0.15) is 31.8 Å². The van der Waals surface area contributed by atoms with Gasteiger partial charge in [0.05, 0.1) is 6.54 Å². The van der Waals surface area contributed by atoms with Crippen LogP contribution in [0, 0.1) is 0 Å². The molecule has 0 spiro atoms. The van der Waals surface area contributed by atoms with Crippen molar-refractivity contribution in [3.63, 3.8) is 0 Å². The summed E-state index contributed by atoms with van der Waals surface area (Å²) in [4.78, 5) is 40.0. The third-order valence-electron chi connectivity index (χ3n) is 2.30. The molecule has 160 valence electrons. The summed E-state index contributed by atoms with van der Waals surface area (Å²) in [5.41, 5.74) is 0. The fourth-order valence-corrected chi connectivity index (χ4v) is 0.943. The van der Waals surface area contributed by atoms with E-state index in [1.165, 1.54) is 7.11 Å². The van der Waals surface area contributed by atoms with Crippen LogP contribution in [0.5, 0.6) is 0 Å². The summed E-state index contributed by atoms with van der Waals surface area (Å²) in [5.74, 6) is 0. The van der Waals surface area contributed by atoms with Crippen molar-refractivity contribution < 1.29 is 23.9 Å². The molecule has 26 heavy (non-hydrogen) atoms. The average molecular weight is 380 g/mol. The molecule has 0 saturated carbocycles. The first-order valence-corrected chi connectivity index (χ1v) is 9.05. The second-order valence-electron chi connectivity index (χ2n) is 4.16. The fourth-order valence-electron chi connectivity index (χ4n) is 0.943. The first-order valence-electron chi connectivity index (χ1n) is 9.05. The molecule has 0 N–H and O–H groups in total. The maximum Gasteiger partial charge on any atom is 0.145 e. The summed E-state index contributed by atoms with van der Waals surface area (Å²) in [6, 6.07) is 0. The van der Waals surface area contributed by atoms with Gasteiger partial charge in [0.15, 0.2) is 0 Å². The zero-order chi connectivity index (χ0) is 20.8. The molecule has 0 atom stereocenters. The number of hydrogen-bond acceptors (Lipinski definition) is 6. The summed E-state index contributed by atoms with van der Waals surface area (Å²) < 4.78 is 4.32. The first-order chi connectivity index (χ1) is 12.1. The predicted molar refractivity (Wildman–Crippen MR) is 112 cm³/mol. The first kappa shape index (κ1) is 39.6. The number of methoxy groups -OCH3 is 1. The number of unbranched alkanes of at least 4 members (excludes halogenated alkanes) is 2. The van der Waals surface area contributed by atoms with Gasteiger partial charge >= 0.3 is 0 Å². The van der Waals surface area contributed by atoms with Crippen LogP contribution < -0.4 is 0 Å². The van der Waals surface area contributed by atoms with Gasteiger partial charge in [-0.25, -0.2) is 0 Å². The van der Waals surface area contributed by atoms with E-state index in [-0.39, 0.29) is 14.0 Å². The highest BCUT2D eigenvalue weighted by Crippen LogP contribution is 1.87. The Labute approximate surface area is 162 Å². The smallest absolute Gasteiger partial charge is 0.145 e. The molecule has 0 rings (SSSR count). The minimum Gasteiger partial charge on any atom is -0.377 e. The Morgan fingerprint density at radius 2 is 1.27 bits per heavy atom. The lowest BCUT2D eigenvalue weighted by atomic mass is 10.3. The SMILES string of the molecule is C.CC.CCC=O.CCCCC=O.CCN(CC)CC=O.COCC=O. The topological polar surface area (TPSA) is 80.8 Å². The Bertz CT molecular complexity index is 232. The van der Waals surface area contributed by atoms with Crippen LogP contribution in [0.25, 0.3) is 0 Å². The van der Waals surface area contributed by atoms with Gasteiger partial charge in [-0.3, -0.25) is 4.90 Å². The molecule has 6 nitrogen and oxygen atoms in total. The van der Waals surface area contributed by atoms with E-state index in [2.05, 4.69) is 16.6 Å². The molecular formula is C20H45NO5. The number of carbonyl (C=O) groups excluding carboxylic acids is 4. The van der Waals surface area contributed by atoms with Crippen LogP contribution in [-0.2, 0) is 23.9 Å². The normalized spacial score (nSPS) is 7.54. The van der Waals surface area contributed by atoms with Crippen molar-refractivity contribution in [3.05, 3.63) is 0 Å². The molecule has 0 aromatic heterocycles. The van der Waals surface area contributed by atoms with Crippen molar-refractivity contribution in [2.45, 2.75) is 74.7 Å². The second-order valence-corrected chi connectivity index (χ2v) is 4.16. The highest BCUT2D eigenvalue weighted by Gasteiger charge is 1.93. The maximum atomic E-state index is 9.89. The zero-order valence-corrected chi connectivity index (χ0v) is 17.5. The molecule has 0 radical (unpaired) electrons. The van der Waals surface area contributed by atoms with Crippen LogP contribution >= 0.6 is 0 Å². The summed E-state index contributed by atoms with van der Waals surface area (Å²) in [5, 5.41) is 0. The quantitative estimate of drug-likeness (QED) is 0.422. The van der Waals surface area contributed by atoms with Crippen molar-refractivity contribution in [1.82, 2.24) is 4.90 Å². The van der Waals surface area contributed by atoms with E-state index in [1.54, 1.807) is 0 Å². The number of aldehydes is 4. The van der Waals surface area contributed by atoms with Gasteiger partial charge in [-0.05, 0) is 19.5 Å². The van der Waals surface area contributed by atoms with Crippen LogP contribution in [0.1, 0.15) is 74.7 Å². The number of hydrogen-bond donors (Lipinski definition) is 0. The molecule has 0 heterocycles. The average Bonchev–Trinajstić information content (AvgIpc) is 2.67. The summed E-state index contributed by atoms with van der Waals surface area (Å²) >= 11 is 0. The van der Waals surface area contributed by atoms with E-state index in [0.717, 1.165) is 51.2 Å². The highest BCUT2D eigenvalue weighted by atomic mass is 16.5. The number of rotatable bonds is 10. The summed E-state index contributed by atoms with van der Waals surface area (Å²) in [7, 11) is 1.48. The van der Waals surface area contributed by atoms with E-state index >= 15 is 0 Å². The van der Waals surface area contributed by atoms with Crippen molar-refractivity contribution in [2.75, 3.05) is 33.4 Å². The molecule has 0 saturated heterocycles. The van der Waals surface area contributed by atoms with Crippen LogP contribution in [0.2, 0.25) is 0 Å². The number of likely N-dealkylation sites (N-methyl/N-ethyl adjacent to an activating group) is 1. The van der Waals surface area contributed by atoms with E-state index in [9.17, 15) is 19.2 Å². The van der Waals surface area contributed by atoms with Gasteiger partial charge in [0.2, 0.25) is 0 Å². The number of carbonyl (C=O) groups is 4. The molecule has 0 aromatic carbocycles. The molecule has 0 aliphatic rings. The van der Waals surface area contributed by atoms with Crippen molar-refractivity contribution in [2.24, 2.45) is 0 Å². The van der Waals surface area contributed by atoms with Crippen LogP contribution in [-0.4, -0.2) is 63.4 Å². The van der Waals surface area contributed by atoms with Crippen LogP contribution in [0.3, 0.4) is 0 Å². The molecular weight excluding hydrogens is 334 g/mol. The van der Waals surface area contributed by atoms with Gasteiger partial charge < -0.3 is 23.9 Å². The van der Waals surface area contributed by atoms with E-state index < -0.39 is 0 Å². The fraction of sp³-hybridized carbons (Fsp3) is 0.800. The lowest BCUT2D eigenvalue weighted by Gasteiger charge is -2.12. The monoisotopic (exact) mass is 379 g/mol. The highest BCUT2D eigenvalue weighted by molar-refractivity contribution is 5.51. The summed E-state index contributed by atoms with van der Waals surface area (Å²) in [6.07, 6.45) is 7.02. The van der Waals surface area contributed by atoms with Crippen LogP contribution in [0.4, 0.5) is 0 Å². The lowest BCUT2D eigenvalue weighted by Crippen LogP contribution is -2.24. The number of ether oxygens (including phenoxy) is 1. The third-order valence-corrected chi connectivity index (χ3v) is 2.30. The molecule has 0 unspecified atom stereocenters. The molecule has 0 aromatic rings. The number of nitrogens with zero attached hydrogens (tertiary/aromatic N) is 1. The van der Waals surface area contributed by atoms with Gasteiger partial charge in [0, 0.05) is 20.0 Å². The lowest BCUT2D eigenvalue weighted by molar-refractivity contribution is -0.111. The van der Waals surface area contributed by atoms with Crippen LogP contribution in [0.15, 0.2) is 0 Å². The predicted octanol–water partition coefficient (Wildman–Crippen LogP) is 3.99. The largest absolute Gasteiger partial charge is 0.377 e. The Balaban J connectivity index is -0.0000000504. The van der Waals surface area contributed by atoms with Gasteiger partial charge in [-0.15, -0.1) is 0 Å². The van der Waals surface area contributed by atoms with E-state index in [1.807, 2.05) is 34.6 Å². The van der Waals surface area contributed by atoms with Crippen molar-refractivity contribution in [3.8, 4) is 0 Å². The van der Waals surface area contributed by atoms with Gasteiger partial charge in [0.25, 0.3) is 0 Å². The minimum absolute atomic E-state index is 0. The summed E-state index contributed by atoms with van der Waals surface area (Å²) in [6.45, 7) is 14.7. The molecule has 0 amide bonds. The van der Waals surface area contributed by atoms with Gasteiger partial charge in [-0.2, -0.15) is 0 Å². The maximum absolute atomic E-state index is 9.89. The Morgan fingerprint density at radius 1 is 0.808 bits per heavy atom. The molecule has 0 aliphatic heterocycles. The Hall–Kier alpha value is -1.40. The van der Waals surface area contributed by atoms with Crippen molar-refractivity contribution >= 4 is 25.1 Å². The molecule has 0 aliphatic carbocycles. The van der Waals surface area contributed by atoms with E-state index in [0.29, 0.717) is 19.3 Å². The molecule has 0 fully saturated rings. The van der Waals surface area contributed by atoms with Gasteiger partial charge in [-0.1, -0.05) is 55.4 Å². The molecule has 0 bridgehead atoms. The standard InChI is InChI=1S/C6H13NO.C5H10O.C3H6O2.C3H6O.C2H6.CH4/c1-3-7(4-2)5-6-8;1-2-3-4-5-6;1-5-3-2-4;1-2-3-4;1-2;/h6H,3-5H2,1-2H3;5H,2-4H2,1H3;2H,3H2,1H3;3H,2H2,1H3;1-2H3;1H4. The Morgan fingerprint density at radius 3 is 1.35 bits per heavy atom. The van der Waals surface area contributed by atoms with E-state index in [4.69, 9.17) is 0 Å². The zero-order valence-electron chi connectivity index (χ0n) is 17.5. The third kappa shape index (κ3) is 78.4. The second kappa shape index (κ2) is 56.5. The minimum atomic E-state index is 0. The molecule has 6 heteroatoms. The van der Waals surface area contributed by atoms with Crippen molar-refractivity contribution in [1.29, 1.82) is 0 Å².